The maximum absolute atomic E-state index is 11.9. The number of rotatable bonds is 5. The fourth-order valence-electron chi connectivity index (χ4n) is 2.47. The van der Waals surface area contributed by atoms with Gasteiger partial charge in [-0.15, -0.1) is 0 Å². The second-order valence-corrected chi connectivity index (χ2v) is 6.35. The number of hydrogen-bond donors (Lipinski definition) is 2. The smallest absolute Gasteiger partial charge is 0.234 e. The van der Waals surface area contributed by atoms with Gasteiger partial charge in [-0.2, -0.15) is 0 Å². The van der Waals surface area contributed by atoms with Gasteiger partial charge in [0.1, 0.15) is 0 Å². The molecule has 1 amide bonds. The molecule has 1 aliphatic rings. The van der Waals surface area contributed by atoms with E-state index in [2.05, 4.69) is 22.5 Å². The summed E-state index contributed by atoms with van der Waals surface area (Å²) in [4.78, 5) is 14.2. The standard InChI is InChI=1S/C14H29N3O/c1-5-15-9-12-7-6-8-17(10-12)11-13(18)16-14(2,3)4/h12,15H,5-11H2,1-4H3,(H,16,18). The molecule has 0 bridgehead atoms. The van der Waals surface area contributed by atoms with Gasteiger partial charge >= 0.3 is 0 Å². The lowest BCUT2D eigenvalue weighted by Crippen LogP contribution is -2.48. The van der Waals surface area contributed by atoms with Gasteiger partial charge in [0.15, 0.2) is 0 Å². The van der Waals surface area contributed by atoms with E-state index in [0.29, 0.717) is 12.5 Å². The summed E-state index contributed by atoms with van der Waals surface area (Å²) < 4.78 is 0. The number of nitrogens with one attached hydrogen (secondary N) is 2. The van der Waals surface area contributed by atoms with Gasteiger partial charge in [0.25, 0.3) is 0 Å². The van der Waals surface area contributed by atoms with E-state index in [9.17, 15) is 4.79 Å². The highest BCUT2D eigenvalue weighted by molar-refractivity contribution is 5.78. The Balaban J connectivity index is 2.31. The van der Waals surface area contributed by atoms with Crippen molar-refractivity contribution in [3.63, 3.8) is 0 Å². The lowest BCUT2D eigenvalue weighted by atomic mass is 9.98. The molecule has 1 fully saturated rings. The van der Waals surface area contributed by atoms with Crippen LogP contribution >= 0.6 is 0 Å². The third-order valence-corrected chi connectivity index (χ3v) is 3.17. The third kappa shape index (κ3) is 6.36. The van der Waals surface area contributed by atoms with Crippen LogP contribution in [0.4, 0.5) is 0 Å². The SMILES string of the molecule is CCNCC1CCCN(CC(=O)NC(C)(C)C)C1. The molecule has 18 heavy (non-hydrogen) atoms. The van der Waals surface area contributed by atoms with Crippen LogP contribution in [-0.2, 0) is 4.79 Å². The Kier molecular flexibility index (Phi) is 6.09. The Labute approximate surface area is 111 Å². The van der Waals surface area contributed by atoms with Crippen LogP contribution in [0.1, 0.15) is 40.5 Å². The minimum atomic E-state index is -0.129. The van der Waals surface area contributed by atoms with Crippen molar-refractivity contribution < 1.29 is 4.79 Å². The van der Waals surface area contributed by atoms with E-state index in [4.69, 9.17) is 0 Å². The number of carbonyl (C=O) groups excluding carboxylic acids is 1. The number of nitrogens with zero attached hydrogens (tertiary/aromatic N) is 1. The highest BCUT2D eigenvalue weighted by Gasteiger charge is 2.22. The second kappa shape index (κ2) is 7.10. The molecule has 0 aromatic carbocycles. The van der Waals surface area contributed by atoms with E-state index in [1.54, 1.807) is 0 Å². The first-order chi connectivity index (χ1) is 8.40. The molecule has 0 aromatic rings. The van der Waals surface area contributed by atoms with E-state index < -0.39 is 0 Å². The van der Waals surface area contributed by atoms with Crippen molar-refractivity contribution >= 4 is 5.91 Å². The van der Waals surface area contributed by atoms with Gasteiger partial charge in [0, 0.05) is 12.1 Å². The van der Waals surface area contributed by atoms with Crippen LogP contribution < -0.4 is 10.6 Å². The molecule has 1 rings (SSSR count). The first kappa shape index (κ1) is 15.4. The van der Waals surface area contributed by atoms with Gasteiger partial charge in [-0.1, -0.05) is 6.92 Å². The van der Waals surface area contributed by atoms with Crippen LogP contribution in [0.25, 0.3) is 0 Å². The van der Waals surface area contributed by atoms with Crippen molar-refractivity contribution in [1.29, 1.82) is 0 Å². The molecular formula is C14H29N3O. The van der Waals surface area contributed by atoms with E-state index >= 15 is 0 Å². The van der Waals surface area contributed by atoms with E-state index in [0.717, 1.165) is 26.2 Å². The quantitative estimate of drug-likeness (QED) is 0.776. The van der Waals surface area contributed by atoms with E-state index in [-0.39, 0.29) is 11.4 Å². The second-order valence-electron chi connectivity index (χ2n) is 6.35. The molecule has 4 nitrogen and oxygen atoms in total. The first-order valence-electron chi connectivity index (χ1n) is 7.15. The van der Waals surface area contributed by atoms with Crippen LogP contribution in [-0.4, -0.2) is 49.1 Å². The van der Waals surface area contributed by atoms with Crippen LogP contribution in [0.15, 0.2) is 0 Å². The van der Waals surface area contributed by atoms with E-state index in [1.165, 1.54) is 12.8 Å². The van der Waals surface area contributed by atoms with Gasteiger partial charge in [-0.3, -0.25) is 9.69 Å². The maximum Gasteiger partial charge on any atom is 0.234 e. The van der Waals surface area contributed by atoms with Gasteiger partial charge in [0.05, 0.1) is 6.54 Å². The van der Waals surface area contributed by atoms with Gasteiger partial charge in [0.2, 0.25) is 5.91 Å². The summed E-state index contributed by atoms with van der Waals surface area (Å²) >= 11 is 0. The average molecular weight is 255 g/mol. The lowest BCUT2D eigenvalue weighted by Gasteiger charge is -2.33. The Morgan fingerprint density at radius 1 is 1.39 bits per heavy atom. The summed E-state index contributed by atoms with van der Waals surface area (Å²) in [6.45, 7) is 13.0. The molecular weight excluding hydrogens is 226 g/mol. The topological polar surface area (TPSA) is 44.4 Å². The predicted molar refractivity (Wildman–Crippen MR) is 75.6 cm³/mol. The molecule has 1 atom stereocenters. The summed E-state index contributed by atoms with van der Waals surface area (Å²) in [6, 6.07) is 0. The predicted octanol–water partition coefficient (Wildman–Crippen LogP) is 1.22. The Bertz CT molecular complexity index is 260. The number of carbonyl (C=O) groups is 1. The third-order valence-electron chi connectivity index (χ3n) is 3.17. The average Bonchev–Trinajstić information content (AvgIpc) is 2.24. The number of hydrogen-bond acceptors (Lipinski definition) is 3. The molecule has 4 heteroatoms. The fraction of sp³-hybridized carbons (Fsp3) is 0.929. The highest BCUT2D eigenvalue weighted by atomic mass is 16.2. The van der Waals surface area contributed by atoms with Crippen LogP contribution in [0.5, 0.6) is 0 Å². The zero-order valence-electron chi connectivity index (χ0n) is 12.4. The molecule has 0 aromatic heterocycles. The summed E-state index contributed by atoms with van der Waals surface area (Å²) in [5.74, 6) is 0.840. The minimum absolute atomic E-state index is 0.129. The largest absolute Gasteiger partial charge is 0.350 e. The Morgan fingerprint density at radius 3 is 2.72 bits per heavy atom. The molecule has 1 heterocycles. The molecule has 0 spiro atoms. The fourth-order valence-corrected chi connectivity index (χ4v) is 2.47. The van der Waals surface area contributed by atoms with Crippen LogP contribution in [0.2, 0.25) is 0 Å². The summed E-state index contributed by atoms with van der Waals surface area (Å²) in [5.41, 5.74) is -0.129. The Hall–Kier alpha value is -0.610. The Morgan fingerprint density at radius 2 is 2.11 bits per heavy atom. The van der Waals surface area contributed by atoms with Crippen LogP contribution in [0, 0.1) is 5.92 Å². The van der Waals surface area contributed by atoms with Crippen molar-refractivity contribution in [2.75, 3.05) is 32.7 Å². The lowest BCUT2D eigenvalue weighted by molar-refractivity contribution is -0.124. The zero-order valence-corrected chi connectivity index (χ0v) is 12.4. The van der Waals surface area contributed by atoms with E-state index in [1.807, 2.05) is 20.8 Å². The summed E-state index contributed by atoms with van der Waals surface area (Å²) in [6.07, 6.45) is 2.49. The molecule has 1 saturated heterocycles. The number of likely N-dealkylation sites (tertiary alicyclic amines) is 1. The normalized spacial score (nSPS) is 21.9. The van der Waals surface area contributed by atoms with Gasteiger partial charge < -0.3 is 10.6 Å². The number of amides is 1. The minimum Gasteiger partial charge on any atom is -0.350 e. The van der Waals surface area contributed by atoms with Crippen LogP contribution in [0.3, 0.4) is 0 Å². The summed E-state index contributed by atoms with van der Waals surface area (Å²) in [5, 5.41) is 6.43. The molecule has 0 aliphatic carbocycles. The zero-order chi connectivity index (χ0) is 13.6. The molecule has 106 valence electrons. The maximum atomic E-state index is 11.9. The summed E-state index contributed by atoms with van der Waals surface area (Å²) in [7, 11) is 0. The molecule has 1 aliphatic heterocycles. The molecule has 1 unspecified atom stereocenters. The highest BCUT2D eigenvalue weighted by Crippen LogP contribution is 2.15. The van der Waals surface area contributed by atoms with Crippen molar-refractivity contribution in [3.8, 4) is 0 Å². The number of piperidine rings is 1. The monoisotopic (exact) mass is 255 g/mol. The van der Waals surface area contributed by atoms with Crippen molar-refractivity contribution in [2.24, 2.45) is 5.92 Å². The molecule has 0 saturated carbocycles. The first-order valence-corrected chi connectivity index (χ1v) is 7.15. The van der Waals surface area contributed by atoms with Crippen molar-refractivity contribution in [2.45, 2.75) is 46.1 Å². The van der Waals surface area contributed by atoms with Gasteiger partial charge in [-0.25, -0.2) is 0 Å². The molecule has 0 radical (unpaired) electrons. The van der Waals surface area contributed by atoms with Crippen molar-refractivity contribution in [1.82, 2.24) is 15.5 Å². The van der Waals surface area contributed by atoms with Gasteiger partial charge in [-0.05, 0) is 59.2 Å². The van der Waals surface area contributed by atoms with Crippen molar-refractivity contribution in [3.05, 3.63) is 0 Å². The molecule has 2 N–H and O–H groups in total.